The van der Waals surface area contributed by atoms with E-state index in [0.717, 1.165) is 37.5 Å². The molecule has 2 fully saturated rings. The number of halogens is 1. The molecule has 0 bridgehead atoms. The molecule has 2 heterocycles. The minimum atomic E-state index is -3.35. The summed E-state index contributed by atoms with van der Waals surface area (Å²) in [7, 11) is -1.57. The molecule has 0 radical (unpaired) electrons. The molecule has 3 rings (SSSR count). The molecule has 2 N–H and O–H groups in total. The van der Waals surface area contributed by atoms with E-state index in [1.807, 2.05) is 12.1 Å². The zero-order valence-corrected chi connectivity index (χ0v) is 20.6. The quantitative estimate of drug-likeness (QED) is 0.318. The number of hydrogen-bond donors (Lipinski definition) is 2. The van der Waals surface area contributed by atoms with E-state index in [1.54, 1.807) is 23.5 Å². The minimum Gasteiger partial charge on any atom is -0.355 e. The number of likely N-dealkylation sites (N-methyl/N-ethyl adjacent to an activating group) is 1. The predicted molar refractivity (Wildman–Crippen MR) is 128 cm³/mol. The Morgan fingerprint density at radius 3 is 2.41 bits per heavy atom. The van der Waals surface area contributed by atoms with E-state index in [1.165, 1.54) is 19.4 Å². The predicted octanol–water partition coefficient (Wildman–Crippen LogP) is 2.24. The average Bonchev–Trinajstić information content (AvgIpc) is 3.40. The smallest absolute Gasteiger partial charge is 0.243 e. The van der Waals surface area contributed by atoms with Crippen molar-refractivity contribution in [2.24, 2.45) is 4.99 Å². The summed E-state index contributed by atoms with van der Waals surface area (Å²) in [5, 5.41) is 6.73. The van der Waals surface area contributed by atoms with Crippen molar-refractivity contribution in [2.75, 3.05) is 39.8 Å². The Morgan fingerprint density at radius 1 is 1.10 bits per heavy atom. The SMILES string of the molecule is CCN1CCCC1CNC(=NC)NCc1ccc(S(=O)(=O)N2CCCC2)cc1.I. The zero-order valence-electron chi connectivity index (χ0n) is 17.4. The summed E-state index contributed by atoms with van der Waals surface area (Å²) in [5.74, 6) is 0.775. The molecule has 1 unspecified atom stereocenters. The first-order valence-electron chi connectivity index (χ1n) is 10.3. The topological polar surface area (TPSA) is 77.0 Å². The number of benzene rings is 1. The van der Waals surface area contributed by atoms with E-state index in [2.05, 4.69) is 27.4 Å². The normalized spacial score (nSPS) is 21.2. The number of likely N-dealkylation sites (tertiary alicyclic amines) is 1. The van der Waals surface area contributed by atoms with E-state index in [-0.39, 0.29) is 24.0 Å². The second-order valence-corrected chi connectivity index (χ2v) is 9.42. The summed E-state index contributed by atoms with van der Waals surface area (Å²) in [6.45, 7) is 7.23. The number of nitrogens with zero attached hydrogens (tertiary/aromatic N) is 3. The molecule has 164 valence electrons. The number of nitrogens with one attached hydrogen (secondary N) is 2. The molecule has 9 heteroatoms. The Bertz CT molecular complexity index is 764. The third-order valence-electron chi connectivity index (χ3n) is 5.72. The number of guanidine groups is 1. The highest BCUT2D eigenvalue weighted by Gasteiger charge is 2.27. The molecule has 0 aliphatic carbocycles. The van der Waals surface area contributed by atoms with Crippen LogP contribution in [0.5, 0.6) is 0 Å². The Labute approximate surface area is 192 Å². The van der Waals surface area contributed by atoms with Gasteiger partial charge in [0, 0.05) is 39.3 Å². The van der Waals surface area contributed by atoms with Gasteiger partial charge in [0.25, 0.3) is 0 Å². The van der Waals surface area contributed by atoms with Crippen LogP contribution in [0.1, 0.15) is 38.2 Å². The Kier molecular flexibility index (Phi) is 9.64. The van der Waals surface area contributed by atoms with Gasteiger partial charge in [-0.15, -0.1) is 24.0 Å². The molecule has 2 aliphatic heterocycles. The fourth-order valence-electron chi connectivity index (χ4n) is 4.02. The molecular formula is C20H34IN5O2S. The van der Waals surface area contributed by atoms with Gasteiger partial charge in [-0.25, -0.2) is 8.42 Å². The van der Waals surface area contributed by atoms with Crippen molar-refractivity contribution >= 4 is 40.0 Å². The third kappa shape index (κ3) is 6.28. The Morgan fingerprint density at radius 2 is 1.79 bits per heavy atom. The van der Waals surface area contributed by atoms with Gasteiger partial charge in [0.2, 0.25) is 10.0 Å². The van der Waals surface area contributed by atoms with Crippen LogP contribution in [0.3, 0.4) is 0 Å². The van der Waals surface area contributed by atoms with Crippen molar-refractivity contribution in [1.82, 2.24) is 19.8 Å². The number of rotatable bonds is 7. The van der Waals surface area contributed by atoms with Crippen molar-refractivity contribution in [3.8, 4) is 0 Å². The molecule has 0 saturated carbocycles. The van der Waals surface area contributed by atoms with Crippen molar-refractivity contribution in [2.45, 2.75) is 50.1 Å². The molecule has 0 amide bonds. The van der Waals surface area contributed by atoms with Crippen molar-refractivity contribution in [1.29, 1.82) is 0 Å². The van der Waals surface area contributed by atoms with Gasteiger partial charge in [-0.3, -0.25) is 9.89 Å². The van der Waals surface area contributed by atoms with Crippen molar-refractivity contribution in [3.05, 3.63) is 29.8 Å². The number of aliphatic imine (C=N–C) groups is 1. The molecule has 2 aliphatic rings. The van der Waals surface area contributed by atoms with Gasteiger partial charge in [0.05, 0.1) is 4.90 Å². The molecule has 1 aromatic rings. The fourth-order valence-corrected chi connectivity index (χ4v) is 5.54. The molecule has 1 atom stereocenters. The van der Waals surface area contributed by atoms with Gasteiger partial charge >= 0.3 is 0 Å². The van der Waals surface area contributed by atoms with Crippen LogP contribution in [0.2, 0.25) is 0 Å². The summed E-state index contributed by atoms with van der Waals surface area (Å²) >= 11 is 0. The van der Waals surface area contributed by atoms with Crippen LogP contribution in [-0.2, 0) is 16.6 Å². The first-order valence-corrected chi connectivity index (χ1v) is 11.8. The first-order chi connectivity index (χ1) is 13.5. The zero-order chi connectivity index (χ0) is 20.0. The van der Waals surface area contributed by atoms with Gasteiger partial charge in [0.15, 0.2) is 5.96 Å². The third-order valence-corrected chi connectivity index (χ3v) is 7.63. The van der Waals surface area contributed by atoms with Crippen LogP contribution in [-0.4, -0.2) is 69.4 Å². The lowest BCUT2D eigenvalue weighted by Crippen LogP contribution is -2.44. The molecular weight excluding hydrogens is 501 g/mol. The van der Waals surface area contributed by atoms with E-state index in [0.29, 0.717) is 30.6 Å². The van der Waals surface area contributed by atoms with Gasteiger partial charge in [-0.05, 0) is 56.5 Å². The van der Waals surface area contributed by atoms with Crippen molar-refractivity contribution < 1.29 is 8.42 Å². The standard InChI is InChI=1S/C20H33N5O2S.HI/c1-3-24-12-6-7-18(24)16-23-20(21-2)22-15-17-8-10-19(11-9-17)28(26,27)25-13-4-5-14-25;/h8-11,18H,3-7,12-16H2,1-2H3,(H2,21,22,23);1H. The summed E-state index contributed by atoms with van der Waals surface area (Å²) < 4.78 is 26.8. The highest BCUT2D eigenvalue weighted by atomic mass is 127. The van der Waals surface area contributed by atoms with Crippen LogP contribution in [0, 0.1) is 0 Å². The Balaban J connectivity index is 0.00000300. The van der Waals surface area contributed by atoms with Gasteiger partial charge < -0.3 is 10.6 Å². The lowest BCUT2D eigenvalue weighted by atomic mass is 10.2. The maximum atomic E-state index is 12.6. The van der Waals surface area contributed by atoms with E-state index < -0.39 is 10.0 Å². The number of hydrogen-bond acceptors (Lipinski definition) is 4. The van der Waals surface area contributed by atoms with Gasteiger partial charge in [0.1, 0.15) is 0 Å². The van der Waals surface area contributed by atoms with Crippen LogP contribution >= 0.6 is 24.0 Å². The molecule has 29 heavy (non-hydrogen) atoms. The first kappa shape index (κ1) is 24.4. The summed E-state index contributed by atoms with van der Waals surface area (Å²) in [5.41, 5.74) is 1.03. The van der Waals surface area contributed by atoms with Crippen LogP contribution in [0.15, 0.2) is 34.2 Å². The number of sulfonamides is 1. The highest BCUT2D eigenvalue weighted by Crippen LogP contribution is 2.21. The van der Waals surface area contributed by atoms with Gasteiger partial charge in [-0.2, -0.15) is 4.31 Å². The van der Waals surface area contributed by atoms with Crippen LogP contribution in [0.4, 0.5) is 0 Å². The van der Waals surface area contributed by atoms with E-state index in [9.17, 15) is 8.42 Å². The summed E-state index contributed by atoms with van der Waals surface area (Å²) in [6, 6.07) is 7.73. The lowest BCUT2D eigenvalue weighted by molar-refractivity contribution is 0.267. The maximum absolute atomic E-state index is 12.6. The van der Waals surface area contributed by atoms with Gasteiger partial charge in [-0.1, -0.05) is 19.1 Å². The minimum absolute atomic E-state index is 0. The lowest BCUT2D eigenvalue weighted by Gasteiger charge is -2.24. The Hall–Kier alpha value is -0.910. The molecule has 7 nitrogen and oxygen atoms in total. The molecule has 0 spiro atoms. The van der Waals surface area contributed by atoms with Crippen LogP contribution in [0.25, 0.3) is 0 Å². The highest BCUT2D eigenvalue weighted by molar-refractivity contribution is 14.0. The fraction of sp³-hybridized carbons (Fsp3) is 0.650. The molecule has 2 saturated heterocycles. The maximum Gasteiger partial charge on any atom is 0.243 e. The second-order valence-electron chi connectivity index (χ2n) is 7.49. The van der Waals surface area contributed by atoms with E-state index in [4.69, 9.17) is 0 Å². The second kappa shape index (κ2) is 11.5. The largest absolute Gasteiger partial charge is 0.355 e. The molecule has 0 aromatic heterocycles. The van der Waals surface area contributed by atoms with E-state index >= 15 is 0 Å². The monoisotopic (exact) mass is 535 g/mol. The summed E-state index contributed by atoms with van der Waals surface area (Å²) in [6.07, 6.45) is 4.39. The molecule has 1 aromatic carbocycles. The summed E-state index contributed by atoms with van der Waals surface area (Å²) in [4.78, 5) is 7.17. The van der Waals surface area contributed by atoms with Crippen molar-refractivity contribution in [3.63, 3.8) is 0 Å². The van der Waals surface area contributed by atoms with Crippen LogP contribution < -0.4 is 10.6 Å². The average molecular weight is 535 g/mol.